The molecule has 1 heterocycles. The number of carbonyl (C=O) groups excluding carboxylic acids is 2. The first-order valence-corrected chi connectivity index (χ1v) is 8.42. The van der Waals surface area contributed by atoms with Gasteiger partial charge in [0.2, 0.25) is 5.91 Å². The van der Waals surface area contributed by atoms with Crippen molar-refractivity contribution in [1.29, 1.82) is 0 Å². The molecule has 2 rings (SSSR count). The topological polar surface area (TPSA) is 91.6 Å². The molecule has 0 radical (unpaired) electrons. The van der Waals surface area contributed by atoms with E-state index in [1.54, 1.807) is 12.1 Å². The molecular formula is C17H26N2O4. The van der Waals surface area contributed by atoms with Crippen LogP contribution >= 0.6 is 0 Å². The van der Waals surface area contributed by atoms with Gasteiger partial charge in [-0.05, 0) is 37.3 Å². The molecule has 128 valence electrons. The van der Waals surface area contributed by atoms with E-state index in [9.17, 15) is 14.7 Å². The quantitative estimate of drug-likeness (QED) is 0.681. The molecule has 0 saturated heterocycles. The number of hydrogen-bond acceptors (Lipinski definition) is 4. The summed E-state index contributed by atoms with van der Waals surface area (Å²) in [5.41, 5.74) is 0. The fourth-order valence-electron chi connectivity index (χ4n) is 3.16. The fourth-order valence-corrected chi connectivity index (χ4v) is 3.16. The maximum atomic E-state index is 12.1. The van der Waals surface area contributed by atoms with Gasteiger partial charge in [0.05, 0.1) is 6.26 Å². The molecule has 3 N–H and O–H groups in total. The molecule has 1 saturated carbocycles. The van der Waals surface area contributed by atoms with E-state index in [-0.39, 0.29) is 43.2 Å². The summed E-state index contributed by atoms with van der Waals surface area (Å²) in [5.74, 6) is 0.291. The number of furan rings is 1. The zero-order chi connectivity index (χ0) is 16.5. The molecule has 1 aliphatic carbocycles. The summed E-state index contributed by atoms with van der Waals surface area (Å²) >= 11 is 0. The van der Waals surface area contributed by atoms with E-state index < -0.39 is 0 Å². The summed E-state index contributed by atoms with van der Waals surface area (Å²) in [4.78, 5) is 23.8. The van der Waals surface area contributed by atoms with Gasteiger partial charge in [-0.2, -0.15) is 0 Å². The number of aliphatic hydroxyl groups excluding tert-OH is 1. The smallest absolute Gasteiger partial charge is 0.286 e. The number of amides is 2. The predicted molar refractivity (Wildman–Crippen MR) is 85.9 cm³/mol. The molecule has 0 spiro atoms. The summed E-state index contributed by atoms with van der Waals surface area (Å²) < 4.78 is 4.99. The van der Waals surface area contributed by atoms with Crippen LogP contribution in [0, 0.1) is 5.92 Å². The molecule has 1 aromatic heterocycles. The molecule has 6 nitrogen and oxygen atoms in total. The molecule has 1 fully saturated rings. The molecule has 1 aromatic rings. The zero-order valence-corrected chi connectivity index (χ0v) is 13.4. The van der Waals surface area contributed by atoms with Crippen LogP contribution in [0.15, 0.2) is 22.8 Å². The van der Waals surface area contributed by atoms with Crippen molar-refractivity contribution in [2.24, 2.45) is 5.92 Å². The second-order valence-corrected chi connectivity index (χ2v) is 6.07. The van der Waals surface area contributed by atoms with Crippen LogP contribution in [0.2, 0.25) is 0 Å². The van der Waals surface area contributed by atoms with Gasteiger partial charge in [0.25, 0.3) is 5.91 Å². The van der Waals surface area contributed by atoms with Gasteiger partial charge >= 0.3 is 0 Å². The van der Waals surface area contributed by atoms with Crippen LogP contribution in [0.3, 0.4) is 0 Å². The van der Waals surface area contributed by atoms with Crippen molar-refractivity contribution in [3.63, 3.8) is 0 Å². The highest BCUT2D eigenvalue weighted by Crippen LogP contribution is 2.27. The van der Waals surface area contributed by atoms with Crippen LogP contribution in [0.5, 0.6) is 0 Å². The van der Waals surface area contributed by atoms with Crippen LogP contribution in [0.4, 0.5) is 0 Å². The lowest BCUT2D eigenvalue weighted by atomic mass is 9.82. The van der Waals surface area contributed by atoms with Crippen LogP contribution < -0.4 is 10.6 Å². The van der Waals surface area contributed by atoms with Crippen LogP contribution in [-0.2, 0) is 4.79 Å². The number of hydrogen-bond donors (Lipinski definition) is 3. The lowest BCUT2D eigenvalue weighted by Gasteiger charge is -2.30. The Morgan fingerprint density at radius 2 is 2.09 bits per heavy atom. The Balaban J connectivity index is 1.72. The van der Waals surface area contributed by atoms with Gasteiger partial charge in [0.15, 0.2) is 5.76 Å². The summed E-state index contributed by atoms with van der Waals surface area (Å²) in [6.45, 7) is 0.346. The van der Waals surface area contributed by atoms with Gasteiger partial charge in [-0.25, -0.2) is 0 Å². The number of carbonyl (C=O) groups is 2. The predicted octanol–water partition coefficient (Wildman–Crippen LogP) is 1.85. The van der Waals surface area contributed by atoms with E-state index in [4.69, 9.17) is 4.42 Å². The molecule has 1 atom stereocenters. The second-order valence-electron chi connectivity index (χ2n) is 6.07. The largest absolute Gasteiger partial charge is 0.459 e. The third kappa shape index (κ3) is 5.71. The SMILES string of the molecule is O=C(CCNC(=O)c1ccco1)NC(CCO)C1CCCCC1. The summed E-state index contributed by atoms with van der Waals surface area (Å²) in [6, 6.07) is 3.26. The van der Waals surface area contributed by atoms with Crippen molar-refractivity contribution in [3.05, 3.63) is 24.2 Å². The highest BCUT2D eigenvalue weighted by molar-refractivity contribution is 5.91. The van der Waals surface area contributed by atoms with Gasteiger partial charge in [-0.1, -0.05) is 19.3 Å². The molecule has 23 heavy (non-hydrogen) atoms. The van der Waals surface area contributed by atoms with Crippen LogP contribution in [0.25, 0.3) is 0 Å². The normalized spacial score (nSPS) is 16.7. The lowest BCUT2D eigenvalue weighted by Crippen LogP contribution is -2.42. The third-order valence-electron chi connectivity index (χ3n) is 4.39. The fraction of sp³-hybridized carbons (Fsp3) is 0.647. The Morgan fingerprint density at radius 1 is 1.30 bits per heavy atom. The van der Waals surface area contributed by atoms with E-state index in [1.165, 1.54) is 25.5 Å². The Morgan fingerprint density at radius 3 is 2.74 bits per heavy atom. The monoisotopic (exact) mass is 322 g/mol. The van der Waals surface area contributed by atoms with Crippen molar-refractivity contribution in [1.82, 2.24) is 10.6 Å². The maximum Gasteiger partial charge on any atom is 0.286 e. The minimum atomic E-state index is -0.318. The van der Waals surface area contributed by atoms with Crippen molar-refractivity contribution in [2.75, 3.05) is 13.2 Å². The summed E-state index contributed by atoms with van der Waals surface area (Å²) in [7, 11) is 0. The molecule has 1 aliphatic rings. The molecule has 1 unspecified atom stereocenters. The third-order valence-corrected chi connectivity index (χ3v) is 4.39. The molecule has 6 heteroatoms. The number of nitrogens with one attached hydrogen (secondary N) is 2. The molecule has 2 amide bonds. The van der Waals surface area contributed by atoms with E-state index in [0.717, 1.165) is 12.8 Å². The van der Waals surface area contributed by atoms with E-state index >= 15 is 0 Å². The average Bonchev–Trinajstić information content (AvgIpc) is 3.10. The second kappa shape index (κ2) is 9.35. The van der Waals surface area contributed by atoms with Gasteiger partial charge < -0.3 is 20.2 Å². The van der Waals surface area contributed by atoms with Crippen LogP contribution in [-0.4, -0.2) is 36.1 Å². The number of rotatable bonds is 8. The first-order valence-electron chi connectivity index (χ1n) is 8.42. The summed E-state index contributed by atoms with van der Waals surface area (Å²) in [5, 5.41) is 14.9. The molecule has 0 aromatic carbocycles. The van der Waals surface area contributed by atoms with Crippen molar-refractivity contribution < 1.29 is 19.1 Å². The van der Waals surface area contributed by atoms with Crippen molar-refractivity contribution in [3.8, 4) is 0 Å². The zero-order valence-electron chi connectivity index (χ0n) is 13.4. The highest BCUT2D eigenvalue weighted by Gasteiger charge is 2.24. The molecule has 0 bridgehead atoms. The minimum Gasteiger partial charge on any atom is -0.459 e. The first kappa shape index (κ1) is 17.5. The van der Waals surface area contributed by atoms with E-state index in [0.29, 0.717) is 12.3 Å². The minimum absolute atomic E-state index is 0.0357. The highest BCUT2D eigenvalue weighted by atomic mass is 16.3. The molecular weight excluding hydrogens is 296 g/mol. The van der Waals surface area contributed by atoms with E-state index in [2.05, 4.69) is 10.6 Å². The van der Waals surface area contributed by atoms with E-state index in [1.807, 2.05) is 0 Å². The number of aliphatic hydroxyl groups is 1. The Bertz CT molecular complexity index is 481. The van der Waals surface area contributed by atoms with Crippen molar-refractivity contribution >= 4 is 11.8 Å². The Kier molecular flexibility index (Phi) is 7.13. The van der Waals surface area contributed by atoms with Crippen LogP contribution in [0.1, 0.15) is 55.5 Å². The Labute approximate surface area is 136 Å². The lowest BCUT2D eigenvalue weighted by molar-refractivity contribution is -0.122. The maximum absolute atomic E-state index is 12.1. The summed E-state index contributed by atoms with van der Waals surface area (Å²) in [6.07, 6.45) is 8.13. The van der Waals surface area contributed by atoms with Crippen molar-refractivity contribution in [2.45, 2.75) is 51.0 Å². The average molecular weight is 322 g/mol. The van der Waals surface area contributed by atoms with Gasteiger partial charge in [-0.3, -0.25) is 9.59 Å². The standard InChI is InChI=1S/C17H26N2O4/c20-11-9-14(13-5-2-1-3-6-13)19-16(21)8-10-18-17(22)15-7-4-12-23-15/h4,7,12-14,20H,1-3,5-6,8-11H2,(H,18,22)(H,19,21). The van der Waals surface area contributed by atoms with Gasteiger partial charge in [0.1, 0.15) is 0 Å². The molecule has 0 aliphatic heterocycles. The van der Waals surface area contributed by atoms with Gasteiger partial charge in [0, 0.05) is 25.6 Å². The van der Waals surface area contributed by atoms with Gasteiger partial charge in [-0.15, -0.1) is 0 Å². The Hall–Kier alpha value is -1.82. The first-order chi connectivity index (χ1) is 11.2.